The van der Waals surface area contributed by atoms with Crippen molar-refractivity contribution in [3.8, 4) is 0 Å². The molecule has 0 spiro atoms. The second kappa shape index (κ2) is 9.28. The van der Waals surface area contributed by atoms with Gasteiger partial charge in [-0.2, -0.15) is 0 Å². The first-order valence-electron chi connectivity index (χ1n) is 8.93. The van der Waals surface area contributed by atoms with E-state index < -0.39 is 0 Å². The molecule has 0 atom stereocenters. The maximum Gasteiger partial charge on any atom is 0.255 e. The van der Waals surface area contributed by atoms with Gasteiger partial charge in [-0.3, -0.25) is 14.6 Å². The third-order valence-corrected chi connectivity index (χ3v) is 4.06. The topological polar surface area (TPSA) is 71.1 Å². The summed E-state index contributed by atoms with van der Waals surface area (Å²) in [6.07, 6.45) is 6.45. The van der Waals surface area contributed by atoms with E-state index in [0.29, 0.717) is 17.8 Å². The molecular formula is C23H21N3O2. The van der Waals surface area contributed by atoms with Gasteiger partial charge < -0.3 is 10.6 Å². The van der Waals surface area contributed by atoms with Crippen LogP contribution in [0.5, 0.6) is 0 Å². The Hall–Kier alpha value is -3.73. The van der Waals surface area contributed by atoms with Crippen LogP contribution in [0.4, 0.5) is 5.69 Å². The summed E-state index contributed by atoms with van der Waals surface area (Å²) in [4.78, 5) is 28.2. The molecular weight excluding hydrogens is 350 g/mol. The summed E-state index contributed by atoms with van der Waals surface area (Å²) in [5.74, 6) is -0.377. The van der Waals surface area contributed by atoms with Crippen molar-refractivity contribution in [2.24, 2.45) is 0 Å². The van der Waals surface area contributed by atoms with Crippen molar-refractivity contribution in [3.63, 3.8) is 0 Å². The van der Waals surface area contributed by atoms with E-state index in [9.17, 15) is 9.59 Å². The molecule has 3 rings (SSSR count). The van der Waals surface area contributed by atoms with E-state index in [1.165, 1.54) is 6.08 Å². The number of anilines is 1. The van der Waals surface area contributed by atoms with Crippen molar-refractivity contribution < 1.29 is 9.59 Å². The van der Waals surface area contributed by atoms with Gasteiger partial charge in [0.05, 0.1) is 0 Å². The Morgan fingerprint density at radius 3 is 2.57 bits per heavy atom. The van der Waals surface area contributed by atoms with Crippen LogP contribution in [0.15, 0.2) is 79.1 Å². The lowest BCUT2D eigenvalue weighted by Crippen LogP contribution is -2.20. The van der Waals surface area contributed by atoms with Crippen molar-refractivity contribution in [1.29, 1.82) is 0 Å². The Morgan fingerprint density at radius 1 is 1.00 bits per heavy atom. The summed E-state index contributed by atoms with van der Waals surface area (Å²) in [6, 6.07) is 18.6. The first-order chi connectivity index (χ1) is 13.6. The van der Waals surface area contributed by atoms with E-state index in [0.717, 1.165) is 16.7 Å². The second-order valence-electron chi connectivity index (χ2n) is 6.36. The van der Waals surface area contributed by atoms with Crippen LogP contribution in [0.2, 0.25) is 0 Å². The van der Waals surface area contributed by atoms with Crippen LogP contribution >= 0.6 is 0 Å². The number of nitrogens with one attached hydrogen (secondary N) is 2. The smallest absolute Gasteiger partial charge is 0.255 e. The number of carbonyl (C=O) groups excluding carboxylic acids is 2. The summed E-state index contributed by atoms with van der Waals surface area (Å²) < 4.78 is 0. The number of hydrogen-bond acceptors (Lipinski definition) is 3. The third-order valence-electron chi connectivity index (χ3n) is 4.06. The SMILES string of the molecule is Cc1cccc(/C=C/C(=O)NCc2cccc(NC(=O)c3ccncc3)c2)c1. The zero-order chi connectivity index (χ0) is 19.8. The number of rotatable bonds is 6. The minimum atomic E-state index is -0.204. The molecule has 3 aromatic rings. The molecule has 0 bridgehead atoms. The second-order valence-corrected chi connectivity index (χ2v) is 6.36. The normalized spacial score (nSPS) is 10.6. The molecule has 0 saturated heterocycles. The summed E-state index contributed by atoms with van der Waals surface area (Å²) in [6.45, 7) is 2.38. The number of amides is 2. The average molecular weight is 371 g/mol. The zero-order valence-electron chi connectivity index (χ0n) is 15.6. The van der Waals surface area contributed by atoms with Crippen LogP contribution in [0, 0.1) is 6.92 Å². The van der Waals surface area contributed by atoms with Crippen molar-refractivity contribution in [2.45, 2.75) is 13.5 Å². The molecule has 2 amide bonds. The summed E-state index contributed by atoms with van der Waals surface area (Å²) >= 11 is 0. The molecule has 2 aromatic carbocycles. The number of benzene rings is 2. The number of hydrogen-bond donors (Lipinski definition) is 2. The lowest BCUT2D eigenvalue weighted by atomic mass is 10.1. The first kappa shape index (κ1) is 19.0. The first-order valence-corrected chi connectivity index (χ1v) is 8.93. The minimum absolute atomic E-state index is 0.173. The number of aryl methyl sites for hydroxylation is 1. The Morgan fingerprint density at radius 2 is 1.79 bits per heavy atom. The molecule has 0 saturated carbocycles. The van der Waals surface area contributed by atoms with E-state index in [-0.39, 0.29) is 11.8 Å². The molecule has 5 heteroatoms. The van der Waals surface area contributed by atoms with Crippen molar-refractivity contribution in [2.75, 3.05) is 5.32 Å². The molecule has 0 unspecified atom stereocenters. The van der Waals surface area contributed by atoms with Crippen molar-refractivity contribution >= 4 is 23.6 Å². The molecule has 140 valence electrons. The predicted molar refractivity (Wildman–Crippen MR) is 111 cm³/mol. The fourth-order valence-electron chi connectivity index (χ4n) is 2.66. The number of aromatic nitrogens is 1. The van der Waals surface area contributed by atoms with Gasteiger partial charge in [-0.1, -0.05) is 42.0 Å². The Kier molecular flexibility index (Phi) is 6.31. The van der Waals surface area contributed by atoms with E-state index in [2.05, 4.69) is 15.6 Å². The fraction of sp³-hybridized carbons (Fsp3) is 0.0870. The monoisotopic (exact) mass is 371 g/mol. The van der Waals surface area contributed by atoms with Crippen LogP contribution in [-0.2, 0) is 11.3 Å². The highest BCUT2D eigenvalue weighted by molar-refractivity contribution is 6.04. The quantitative estimate of drug-likeness (QED) is 0.644. The van der Waals surface area contributed by atoms with Gasteiger partial charge in [-0.15, -0.1) is 0 Å². The van der Waals surface area contributed by atoms with Crippen LogP contribution in [0.25, 0.3) is 6.08 Å². The molecule has 0 aliphatic carbocycles. The van der Waals surface area contributed by atoms with E-state index in [1.54, 1.807) is 30.6 Å². The Bertz CT molecular complexity index is 997. The van der Waals surface area contributed by atoms with Gasteiger partial charge >= 0.3 is 0 Å². The number of carbonyl (C=O) groups is 2. The van der Waals surface area contributed by atoms with Gasteiger partial charge in [-0.25, -0.2) is 0 Å². The molecule has 5 nitrogen and oxygen atoms in total. The van der Waals surface area contributed by atoms with Gasteiger partial charge in [0, 0.05) is 36.3 Å². The number of nitrogens with zero attached hydrogens (tertiary/aromatic N) is 1. The highest BCUT2D eigenvalue weighted by Gasteiger charge is 2.06. The lowest BCUT2D eigenvalue weighted by Gasteiger charge is -2.08. The van der Waals surface area contributed by atoms with E-state index >= 15 is 0 Å². The van der Waals surface area contributed by atoms with E-state index in [4.69, 9.17) is 0 Å². The summed E-state index contributed by atoms with van der Waals surface area (Å²) in [5.41, 5.74) is 4.23. The van der Waals surface area contributed by atoms with Crippen molar-refractivity contribution in [1.82, 2.24) is 10.3 Å². The molecule has 28 heavy (non-hydrogen) atoms. The Balaban J connectivity index is 1.55. The molecule has 1 aromatic heterocycles. The van der Waals surface area contributed by atoms with Crippen LogP contribution in [0.1, 0.15) is 27.0 Å². The molecule has 2 N–H and O–H groups in total. The Labute approximate surface area is 164 Å². The predicted octanol–water partition coefficient (Wildman–Crippen LogP) is 3.97. The van der Waals surface area contributed by atoms with Crippen LogP contribution in [0.3, 0.4) is 0 Å². The fourth-order valence-corrected chi connectivity index (χ4v) is 2.66. The summed E-state index contributed by atoms with van der Waals surface area (Å²) in [5, 5.41) is 5.69. The molecule has 1 heterocycles. The maximum atomic E-state index is 12.2. The standard InChI is InChI=1S/C23H21N3O2/c1-17-4-2-5-18(14-17)8-9-22(27)25-16-19-6-3-7-21(15-19)26-23(28)20-10-12-24-13-11-20/h2-15H,16H2,1H3,(H,25,27)(H,26,28)/b9-8+. The van der Waals surface area contributed by atoms with Crippen LogP contribution < -0.4 is 10.6 Å². The van der Waals surface area contributed by atoms with Gasteiger partial charge in [0.15, 0.2) is 0 Å². The zero-order valence-corrected chi connectivity index (χ0v) is 15.6. The van der Waals surface area contributed by atoms with Gasteiger partial charge in [0.1, 0.15) is 0 Å². The average Bonchev–Trinajstić information content (AvgIpc) is 2.72. The third kappa shape index (κ3) is 5.64. The van der Waals surface area contributed by atoms with Crippen LogP contribution in [-0.4, -0.2) is 16.8 Å². The van der Waals surface area contributed by atoms with E-state index in [1.807, 2.05) is 55.5 Å². The summed E-state index contributed by atoms with van der Waals surface area (Å²) in [7, 11) is 0. The van der Waals surface area contributed by atoms with Gasteiger partial charge in [-0.05, 0) is 48.4 Å². The molecule has 0 aliphatic heterocycles. The lowest BCUT2D eigenvalue weighted by molar-refractivity contribution is -0.116. The minimum Gasteiger partial charge on any atom is -0.348 e. The highest BCUT2D eigenvalue weighted by atomic mass is 16.2. The maximum absolute atomic E-state index is 12.2. The molecule has 0 radical (unpaired) electrons. The van der Waals surface area contributed by atoms with Gasteiger partial charge in [0.25, 0.3) is 5.91 Å². The highest BCUT2D eigenvalue weighted by Crippen LogP contribution is 2.12. The largest absolute Gasteiger partial charge is 0.348 e. The van der Waals surface area contributed by atoms with Gasteiger partial charge in [0.2, 0.25) is 5.91 Å². The molecule has 0 fully saturated rings. The molecule has 0 aliphatic rings. The van der Waals surface area contributed by atoms with Crippen molar-refractivity contribution in [3.05, 3.63) is 101 Å². The number of pyridine rings is 1.